The van der Waals surface area contributed by atoms with Gasteiger partial charge in [0, 0.05) is 6.42 Å². The molecule has 74 valence electrons. The van der Waals surface area contributed by atoms with Crippen LogP contribution < -0.4 is 0 Å². The van der Waals surface area contributed by atoms with Gasteiger partial charge in [0.15, 0.2) is 0 Å². The molecule has 5 nitrogen and oxygen atoms in total. The summed E-state index contributed by atoms with van der Waals surface area (Å²) in [7, 11) is 0. The number of aliphatic hydroxyl groups is 1. The molecule has 0 unspecified atom stereocenters. The Labute approximate surface area is 76.4 Å². The topological polar surface area (TPSA) is 76.0 Å². The maximum atomic E-state index is 11.0. The lowest BCUT2D eigenvalue weighted by molar-refractivity contribution is -0.138. The van der Waals surface area contributed by atoms with Gasteiger partial charge in [0.05, 0.1) is 6.61 Å². The number of aliphatic hydroxyl groups excluding tert-OH is 1. The van der Waals surface area contributed by atoms with Gasteiger partial charge in [-0.25, -0.2) is 4.79 Å². The number of esters is 1. The molecule has 0 amide bonds. The van der Waals surface area contributed by atoms with Gasteiger partial charge in [-0.3, -0.25) is 0 Å². The van der Waals surface area contributed by atoms with Gasteiger partial charge >= 0.3 is 5.97 Å². The number of allylic oxidation sites excluding steroid dienone is 1. The molecular formula is C8H13NO4. The monoisotopic (exact) mass is 187 g/mol. The molecule has 13 heavy (non-hydrogen) atoms. The molecule has 0 heterocycles. The Morgan fingerprint density at radius 3 is 2.46 bits per heavy atom. The van der Waals surface area contributed by atoms with E-state index in [1.54, 1.807) is 6.92 Å². The van der Waals surface area contributed by atoms with Crippen molar-refractivity contribution in [3.05, 3.63) is 16.4 Å². The van der Waals surface area contributed by atoms with Crippen molar-refractivity contribution in [1.82, 2.24) is 0 Å². The van der Waals surface area contributed by atoms with Crippen molar-refractivity contribution in [2.45, 2.75) is 26.7 Å². The molecule has 0 radical (unpaired) electrons. The third-order valence-corrected chi connectivity index (χ3v) is 1.32. The predicted octanol–water partition coefficient (Wildman–Crippen LogP) is 1.89. The molecule has 5 heteroatoms. The first-order chi connectivity index (χ1) is 6.17. The van der Waals surface area contributed by atoms with Crippen LogP contribution >= 0.6 is 0 Å². The van der Waals surface area contributed by atoms with E-state index in [1.165, 1.54) is 0 Å². The Morgan fingerprint density at radius 1 is 1.46 bits per heavy atom. The number of rotatable bonds is 5. The quantitative estimate of drug-likeness (QED) is 0.308. The van der Waals surface area contributed by atoms with Crippen molar-refractivity contribution in [2.24, 2.45) is 5.18 Å². The highest BCUT2D eigenvalue weighted by atomic mass is 16.5. The number of hydrogen-bond acceptors (Lipinski definition) is 5. The first-order valence-electron chi connectivity index (χ1n) is 4.09. The molecule has 0 aromatic rings. The highest BCUT2D eigenvalue weighted by Gasteiger charge is 2.16. The van der Waals surface area contributed by atoms with Crippen molar-refractivity contribution in [3.8, 4) is 0 Å². The van der Waals surface area contributed by atoms with Gasteiger partial charge in [-0.15, -0.1) is 4.91 Å². The van der Waals surface area contributed by atoms with Gasteiger partial charge in [0.25, 0.3) is 0 Å². The van der Waals surface area contributed by atoms with Crippen LogP contribution in [-0.4, -0.2) is 17.7 Å². The zero-order chi connectivity index (χ0) is 10.3. The zero-order valence-corrected chi connectivity index (χ0v) is 7.74. The zero-order valence-electron chi connectivity index (χ0n) is 7.74. The first kappa shape index (κ1) is 11.6. The van der Waals surface area contributed by atoms with Crippen LogP contribution in [0.4, 0.5) is 0 Å². The minimum atomic E-state index is -0.872. The summed E-state index contributed by atoms with van der Waals surface area (Å²) in [4.78, 5) is 21.1. The normalized spacial score (nSPS) is 11.8. The lowest BCUT2D eigenvalue weighted by Crippen LogP contribution is -2.08. The molecule has 0 spiro atoms. The summed E-state index contributed by atoms with van der Waals surface area (Å²) < 4.78 is 4.51. The molecule has 0 saturated heterocycles. The molecule has 0 atom stereocenters. The van der Waals surface area contributed by atoms with Crippen molar-refractivity contribution in [2.75, 3.05) is 6.61 Å². The van der Waals surface area contributed by atoms with E-state index in [0.717, 1.165) is 0 Å². The molecule has 0 aromatic carbocycles. The van der Waals surface area contributed by atoms with E-state index in [-0.39, 0.29) is 18.8 Å². The van der Waals surface area contributed by atoms with Gasteiger partial charge in [-0.2, -0.15) is 0 Å². The number of carbonyl (C=O) groups excluding carboxylic acids is 1. The Morgan fingerprint density at radius 2 is 2.08 bits per heavy atom. The number of hydrogen-bond donors (Lipinski definition) is 1. The molecular weight excluding hydrogens is 174 g/mol. The summed E-state index contributed by atoms with van der Waals surface area (Å²) >= 11 is 0. The lowest BCUT2D eigenvalue weighted by Gasteiger charge is -2.01. The number of carbonyl (C=O) groups is 1. The molecule has 0 aromatic heterocycles. The fourth-order valence-electron chi connectivity index (χ4n) is 0.762. The van der Waals surface area contributed by atoms with Crippen LogP contribution in [0.3, 0.4) is 0 Å². The molecule has 1 N–H and O–H groups in total. The van der Waals surface area contributed by atoms with Crippen LogP contribution in [0.1, 0.15) is 26.7 Å². The van der Waals surface area contributed by atoms with Gasteiger partial charge < -0.3 is 9.84 Å². The van der Waals surface area contributed by atoms with Crippen LogP contribution in [0, 0.1) is 4.91 Å². The maximum Gasteiger partial charge on any atom is 0.364 e. The van der Waals surface area contributed by atoms with E-state index in [2.05, 4.69) is 9.91 Å². The molecule has 0 bridgehead atoms. The van der Waals surface area contributed by atoms with E-state index in [9.17, 15) is 14.8 Å². The van der Waals surface area contributed by atoms with Crippen molar-refractivity contribution in [1.29, 1.82) is 0 Å². The second kappa shape index (κ2) is 6.16. The Kier molecular flexibility index (Phi) is 5.50. The summed E-state index contributed by atoms with van der Waals surface area (Å²) in [6, 6.07) is 0. The van der Waals surface area contributed by atoms with E-state index >= 15 is 0 Å². The second-order valence-corrected chi connectivity index (χ2v) is 2.36. The van der Waals surface area contributed by atoms with Gasteiger partial charge in [-0.05, 0) is 18.5 Å². The SMILES string of the molecule is CCCC(O)=C(N=O)C(=O)OCC. The highest BCUT2D eigenvalue weighted by molar-refractivity contribution is 5.88. The first-order valence-corrected chi connectivity index (χ1v) is 4.09. The Bertz CT molecular complexity index is 222. The van der Waals surface area contributed by atoms with Gasteiger partial charge in [0.1, 0.15) is 5.76 Å². The average molecular weight is 187 g/mol. The maximum absolute atomic E-state index is 11.0. The largest absolute Gasteiger partial charge is 0.510 e. The van der Waals surface area contributed by atoms with E-state index in [0.29, 0.717) is 6.42 Å². The molecule has 0 aliphatic heterocycles. The standard InChI is InChI=1S/C8H13NO4/c1-3-5-6(10)7(9-12)8(11)13-4-2/h10H,3-5H2,1-2H3. The lowest BCUT2D eigenvalue weighted by atomic mass is 10.2. The van der Waals surface area contributed by atoms with Crippen LogP contribution in [0.25, 0.3) is 0 Å². The van der Waals surface area contributed by atoms with Gasteiger partial charge in [-0.1, -0.05) is 6.92 Å². The summed E-state index contributed by atoms with van der Waals surface area (Å²) in [5.41, 5.74) is -0.524. The number of nitroso groups, excluding NO2 is 1. The van der Waals surface area contributed by atoms with Crippen LogP contribution in [-0.2, 0) is 9.53 Å². The molecule has 0 fully saturated rings. The van der Waals surface area contributed by atoms with Crippen LogP contribution in [0.15, 0.2) is 16.6 Å². The van der Waals surface area contributed by atoms with Crippen molar-refractivity contribution in [3.63, 3.8) is 0 Å². The summed E-state index contributed by atoms with van der Waals surface area (Å²) in [5, 5.41) is 11.6. The molecule has 0 aliphatic carbocycles. The highest BCUT2D eigenvalue weighted by Crippen LogP contribution is 2.10. The van der Waals surface area contributed by atoms with Crippen LogP contribution in [0.5, 0.6) is 0 Å². The van der Waals surface area contributed by atoms with Gasteiger partial charge in [0.2, 0.25) is 5.70 Å². The molecule has 0 rings (SSSR count). The Balaban J connectivity index is 4.55. The predicted molar refractivity (Wildman–Crippen MR) is 47.0 cm³/mol. The smallest absolute Gasteiger partial charge is 0.364 e. The summed E-state index contributed by atoms with van der Waals surface area (Å²) in [6.45, 7) is 3.57. The number of nitrogens with zero attached hydrogens (tertiary/aromatic N) is 1. The second-order valence-electron chi connectivity index (χ2n) is 2.36. The fraction of sp³-hybridized carbons (Fsp3) is 0.625. The molecule has 0 aliphatic rings. The Hall–Kier alpha value is -1.39. The summed E-state index contributed by atoms with van der Waals surface area (Å²) in [5.74, 6) is -1.18. The van der Waals surface area contributed by atoms with Crippen LogP contribution in [0.2, 0.25) is 0 Å². The van der Waals surface area contributed by atoms with E-state index < -0.39 is 11.7 Å². The van der Waals surface area contributed by atoms with E-state index in [1.807, 2.05) is 6.92 Å². The fourth-order valence-corrected chi connectivity index (χ4v) is 0.762. The van der Waals surface area contributed by atoms with Crippen molar-refractivity contribution >= 4 is 5.97 Å². The number of ether oxygens (including phenoxy) is 1. The third-order valence-electron chi connectivity index (χ3n) is 1.32. The molecule has 0 saturated carbocycles. The van der Waals surface area contributed by atoms with Crippen molar-refractivity contribution < 1.29 is 14.6 Å². The third kappa shape index (κ3) is 3.68. The van der Waals surface area contributed by atoms with E-state index in [4.69, 9.17) is 0 Å². The minimum absolute atomic E-state index is 0.150. The average Bonchev–Trinajstić information content (AvgIpc) is 2.06. The summed E-state index contributed by atoms with van der Waals surface area (Å²) in [6.07, 6.45) is 0.879. The minimum Gasteiger partial charge on any atom is -0.510 e.